The van der Waals surface area contributed by atoms with Gasteiger partial charge in [-0.25, -0.2) is 0 Å². The fraction of sp³-hybridized carbons (Fsp3) is 0.308. The lowest BCUT2D eigenvalue weighted by molar-refractivity contribution is -0.138. The largest absolute Gasteiger partial charge is 0.488 e. The number of aliphatic carboxylic acids is 1. The van der Waals surface area contributed by atoms with E-state index >= 15 is 0 Å². The molecule has 0 aliphatic rings. The van der Waals surface area contributed by atoms with Crippen molar-refractivity contribution in [3.63, 3.8) is 0 Å². The SMILES string of the molecule is C=CCOc1ccc(CN(C)CC(=O)O)cc1Cl. The van der Waals surface area contributed by atoms with Crippen molar-refractivity contribution in [2.75, 3.05) is 20.2 Å². The van der Waals surface area contributed by atoms with E-state index in [1.54, 1.807) is 30.2 Å². The summed E-state index contributed by atoms with van der Waals surface area (Å²) in [6.07, 6.45) is 1.64. The van der Waals surface area contributed by atoms with Gasteiger partial charge in [-0.15, -0.1) is 0 Å². The Morgan fingerprint density at radius 2 is 2.33 bits per heavy atom. The van der Waals surface area contributed by atoms with E-state index in [4.69, 9.17) is 21.4 Å². The fourth-order valence-corrected chi connectivity index (χ4v) is 1.76. The number of hydrogen-bond acceptors (Lipinski definition) is 3. The van der Waals surface area contributed by atoms with E-state index in [0.29, 0.717) is 23.9 Å². The molecular formula is C13H16ClNO3. The van der Waals surface area contributed by atoms with Crippen LogP contribution in [-0.2, 0) is 11.3 Å². The molecule has 0 saturated heterocycles. The summed E-state index contributed by atoms with van der Waals surface area (Å²) in [6, 6.07) is 5.41. The van der Waals surface area contributed by atoms with Crippen LogP contribution >= 0.6 is 11.6 Å². The molecule has 0 heterocycles. The summed E-state index contributed by atoms with van der Waals surface area (Å²) in [7, 11) is 1.74. The maximum absolute atomic E-state index is 10.5. The quantitative estimate of drug-likeness (QED) is 0.773. The number of rotatable bonds is 7. The molecule has 0 radical (unpaired) electrons. The number of carboxylic acids is 1. The molecule has 1 aromatic rings. The molecular weight excluding hydrogens is 254 g/mol. The van der Waals surface area contributed by atoms with E-state index in [0.717, 1.165) is 5.56 Å². The van der Waals surface area contributed by atoms with Gasteiger partial charge in [0.25, 0.3) is 0 Å². The summed E-state index contributed by atoms with van der Waals surface area (Å²) in [5.41, 5.74) is 0.940. The van der Waals surface area contributed by atoms with Gasteiger partial charge in [0.2, 0.25) is 0 Å². The summed E-state index contributed by atoms with van der Waals surface area (Å²) in [5.74, 6) is -0.254. The summed E-state index contributed by atoms with van der Waals surface area (Å²) in [5, 5.41) is 9.17. The summed E-state index contributed by atoms with van der Waals surface area (Å²) in [6.45, 7) is 4.47. The number of halogens is 1. The van der Waals surface area contributed by atoms with Crippen LogP contribution < -0.4 is 4.74 Å². The zero-order valence-corrected chi connectivity index (χ0v) is 11.0. The van der Waals surface area contributed by atoms with Crippen LogP contribution in [0.4, 0.5) is 0 Å². The molecule has 18 heavy (non-hydrogen) atoms. The molecule has 0 spiro atoms. The van der Waals surface area contributed by atoms with Crippen LogP contribution in [0.25, 0.3) is 0 Å². The van der Waals surface area contributed by atoms with Gasteiger partial charge < -0.3 is 9.84 Å². The molecule has 0 aliphatic heterocycles. The van der Waals surface area contributed by atoms with Crippen molar-refractivity contribution in [1.82, 2.24) is 4.90 Å². The summed E-state index contributed by atoms with van der Waals surface area (Å²) >= 11 is 6.06. The van der Waals surface area contributed by atoms with E-state index in [1.165, 1.54) is 0 Å². The molecule has 0 amide bonds. The second-order valence-electron chi connectivity index (χ2n) is 3.93. The number of benzene rings is 1. The minimum absolute atomic E-state index is 0.00760. The Morgan fingerprint density at radius 3 is 2.89 bits per heavy atom. The first-order valence-corrected chi connectivity index (χ1v) is 5.83. The molecule has 0 fully saturated rings. The number of carboxylic acid groups (broad SMARTS) is 1. The first-order valence-electron chi connectivity index (χ1n) is 5.45. The van der Waals surface area contributed by atoms with Gasteiger partial charge in [-0.2, -0.15) is 0 Å². The van der Waals surface area contributed by atoms with Gasteiger partial charge in [0.15, 0.2) is 0 Å². The van der Waals surface area contributed by atoms with Crippen molar-refractivity contribution in [3.05, 3.63) is 41.4 Å². The summed E-state index contributed by atoms with van der Waals surface area (Å²) < 4.78 is 5.35. The van der Waals surface area contributed by atoms with Gasteiger partial charge in [-0.1, -0.05) is 30.3 Å². The highest BCUT2D eigenvalue weighted by atomic mass is 35.5. The molecule has 4 nitrogen and oxygen atoms in total. The minimum Gasteiger partial charge on any atom is -0.488 e. The Morgan fingerprint density at radius 1 is 1.61 bits per heavy atom. The van der Waals surface area contributed by atoms with E-state index in [9.17, 15) is 4.79 Å². The van der Waals surface area contributed by atoms with Crippen LogP contribution in [0.15, 0.2) is 30.9 Å². The molecule has 98 valence electrons. The van der Waals surface area contributed by atoms with Gasteiger partial charge >= 0.3 is 5.97 Å². The third kappa shape index (κ3) is 4.77. The van der Waals surface area contributed by atoms with Crippen molar-refractivity contribution < 1.29 is 14.6 Å². The zero-order chi connectivity index (χ0) is 13.5. The summed E-state index contributed by atoms with van der Waals surface area (Å²) in [4.78, 5) is 12.2. The van der Waals surface area contributed by atoms with Crippen molar-refractivity contribution in [1.29, 1.82) is 0 Å². The van der Waals surface area contributed by atoms with Gasteiger partial charge in [0.05, 0.1) is 11.6 Å². The number of nitrogens with zero attached hydrogens (tertiary/aromatic N) is 1. The molecule has 0 atom stereocenters. The smallest absolute Gasteiger partial charge is 0.317 e. The molecule has 0 saturated carbocycles. The van der Waals surface area contributed by atoms with Crippen LogP contribution in [0.5, 0.6) is 5.75 Å². The van der Waals surface area contributed by atoms with Crippen LogP contribution in [0.2, 0.25) is 5.02 Å². The molecule has 0 bridgehead atoms. The molecule has 1 rings (SSSR count). The normalized spacial score (nSPS) is 10.4. The van der Waals surface area contributed by atoms with Crippen LogP contribution in [0.1, 0.15) is 5.56 Å². The number of hydrogen-bond donors (Lipinski definition) is 1. The fourth-order valence-electron chi connectivity index (χ4n) is 1.51. The Labute approximate surface area is 111 Å². The molecule has 0 aromatic heterocycles. The number of likely N-dealkylation sites (N-methyl/N-ethyl adjacent to an activating group) is 1. The third-order valence-corrected chi connectivity index (χ3v) is 2.51. The topological polar surface area (TPSA) is 49.8 Å². The molecule has 0 unspecified atom stereocenters. The lowest BCUT2D eigenvalue weighted by Crippen LogP contribution is -2.25. The molecule has 0 aliphatic carbocycles. The van der Waals surface area contributed by atoms with Gasteiger partial charge in [0.1, 0.15) is 12.4 Å². The first-order chi connectivity index (χ1) is 8.52. The number of ether oxygens (including phenoxy) is 1. The van der Waals surface area contributed by atoms with E-state index in [1.807, 2.05) is 6.07 Å². The predicted molar refractivity (Wildman–Crippen MR) is 71.1 cm³/mol. The van der Waals surface area contributed by atoms with Gasteiger partial charge in [0, 0.05) is 6.54 Å². The lowest BCUT2D eigenvalue weighted by atomic mass is 10.2. The Bertz CT molecular complexity index is 434. The Kier molecular flexibility index (Phi) is 5.68. The Hall–Kier alpha value is -1.52. The van der Waals surface area contributed by atoms with E-state index in [2.05, 4.69) is 6.58 Å². The highest BCUT2D eigenvalue weighted by Crippen LogP contribution is 2.25. The van der Waals surface area contributed by atoms with Crippen LogP contribution in [0, 0.1) is 0 Å². The van der Waals surface area contributed by atoms with Crippen LogP contribution in [-0.4, -0.2) is 36.2 Å². The molecule has 1 N–H and O–H groups in total. The molecule has 1 aromatic carbocycles. The first kappa shape index (κ1) is 14.5. The van der Waals surface area contributed by atoms with Crippen molar-refractivity contribution in [2.45, 2.75) is 6.54 Å². The van der Waals surface area contributed by atoms with Crippen molar-refractivity contribution in [3.8, 4) is 5.75 Å². The average Bonchev–Trinajstić information content (AvgIpc) is 2.26. The maximum Gasteiger partial charge on any atom is 0.317 e. The van der Waals surface area contributed by atoms with Gasteiger partial charge in [-0.3, -0.25) is 9.69 Å². The second-order valence-corrected chi connectivity index (χ2v) is 4.34. The van der Waals surface area contributed by atoms with Crippen LogP contribution in [0.3, 0.4) is 0 Å². The second kappa shape index (κ2) is 7.03. The predicted octanol–water partition coefficient (Wildman–Crippen LogP) is 2.42. The maximum atomic E-state index is 10.5. The Balaban J connectivity index is 2.65. The lowest BCUT2D eigenvalue weighted by Gasteiger charge is -2.15. The zero-order valence-electron chi connectivity index (χ0n) is 10.2. The standard InChI is InChI=1S/C13H16ClNO3/c1-3-6-18-12-5-4-10(7-11(12)14)8-15(2)9-13(16)17/h3-5,7H,1,6,8-9H2,2H3,(H,16,17). The minimum atomic E-state index is -0.852. The monoisotopic (exact) mass is 269 g/mol. The van der Waals surface area contributed by atoms with E-state index < -0.39 is 5.97 Å². The van der Waals surface area contributed by atoms with Gasteiger partial charge in [-0.05, 0) is 24.7 Å². The van der Waals surface area contributed by atoms with Crippen molar-refractivity contribution in [2.24, 2.45) is 0 Å². The van der Waals surface area contributed by atoms with Crippen molar-refractivity contribution >= 4 is 17.6 Å². The van der Waals surface area contributed by atoms with E-state index in [-0.39, 0.29) is 6.54 Å². The number of carbonyl (C=O) groups is 1. The molecule has 5 heteroatoms. The third-order valence-electron chi connectivity index (χ3n) is 2.21. The highest BCUT2D eigenvalue weighted by Gasteiger charge is 2.07. The highest BCUT2D eigenvalue weighted by molar-refractivity contribution is 6.32. The average molecular weight is 270 g/mol.